The second-order valence-corrected chi connectivity index (χ2v) is 7.86. The zero-order valence-corrected chi connectivity index (χ0v) is 16.9. The van der Waals surface area contributed by atoms with Crippen LogP contribution < -0.4 is 16.4 Å². The molecule has 1 amide bonds. The highest BCUT2D eigenvalue weighted by atomic mass is 19.1. The standard InChI is InChI=1S/C24H22FN5O/c25-18-6-2-4-15-12-28-16-5-1-3-14(11-16)17-9-10-27-13-21(17)30-24(31)23-19(26)7-8-20(29-23)22(15)18/h2,4,6-11,13,16,28H,1,3,5,12,26H2,(H,30,31). The molecule has 2 aromatic heterocycles. The number of nitrogens with zero attached hydrogens (tertiary/aromatic N) is 2. The minimum absolute atomic E-state index is 0.0574. The summed E-state index contributed by atoms with van der Waals surface area (Å²) < 4.78 is 14.9. The maximum absolute atomic E-state index is 14.9. The van der Waals surface area contributed by atoms with Crippen LogP contribution in [-0.4, -0.2) is 21.9 Å². The number of benzene rings is 1. The van der Waals surface area contributed by atoms with Gasteiger partial charge < -0.3 is 16.4 Å². The smallest absolute Gasteiger partial charge is 0.276 e. The number of carbonyl (C=O) groups is 1. The number of halogens is 1. The number of hydrogen-bond acceptors (Lipinski definition) is 5. The van der Waals surface area contributed by atoms with E-state index in [4.69, 9.17) is 5.73 Å². The normalized spacial score (nSPS) is 18.2. The minimum Gasteiger partial charge on any atom is -0.397 e. The molecule has 4 bridgehead atoms. The molecule has 7 heteroatoms. The van der Waals surface area contributed by atoms with Gasteiger partial charge in [0.1, 0.15) is 5.82 Å². The van der Waals surface area contributed by atoms with Gasteiger partial charge >= 0.3 is 0 Å². The molecule has 3 aromatic rings. The molecule has 1 aliphatic heterocycles. The fourth-order valence-corrected chi connectivity index (χ4v) is 4.30. The van der Waals surface area contributed by atoms with Crippen LogP contribution in [0.2, 0.25) is 0 Å². The van der Waals surface area contributed by atoms with E-state index in [9.17, 15) is 9.18 Å². The summed E-state index contributed by atoms with van der Waals surface area (Å²) in [7, 11) is 0. The second-order valence-electron chi connectivity index (χ2n) is 7.86. The van der Waals surface area contributed by atoms with Gasteiger partial charge in [-0.1, -0.05) is 18.2 Å². The average molecular weight is 415 g/mol. The van der Waals surface area contributed by atoms with Crippen molar-refractivity contribution in [3.05, 3.63) is 77.5 Å². The molecule has 6 nitrogen and oxygen atoms in total. The van der Waals surface area contributed by atoms with Crippen molar-refractivity contribution >= 4 is 22.9 Å². The van der Waals surface area contributed by atoms with E-state index in [2.05, 4.69) is 26.7 Å². The van der Waals surface area contributed by atoms with Crippen LogP contribution in [-0.2, 0) is 6.54 Å². The molecule has 31 heavy (non-hydrogen) atoms. The molecule has 0 radical (unpaired) electrons. The lowest BCUT2D eigenvalue weighted by Gasteiger charge is -2.25. The van der Waals surface area contributed by atoms with Crippen LogP contribution in [0.5, 0.6) is 0 Å². The van der Waals surface area contributed by atoms with Gasteiger partial charge in [0, 0.05) is 29.9 Å². The van der Waals surface area contributed by atoms with E-state index >= 15 is 0 Å². The van der Waals surface area contributed by atoms with E-state index in [1.807, 2.05) is 12.1 Å². The SMILES string of the molecule is Nc1ccc2nc1C(=O)Nc1cnccc1C1=CC(CCC1)NCc1cccc(F)c1-2. The summed E-state index contributed by atoms with van der Waals surface area (Å²) in [6.45, 7) is 0.484. The first-order valence-electron chi connectivity index (χ1n) is 10.3. The fraction of sp³-hybridized carbons (Fsp3) is 0.208. The molecule has 0 saturated heterocycles. The van der Waals surface area contributed by atoms with Crippen molar-refractivity contribution in [2.24, 2.45) is 0 Å². The highest BCUT2D eigenvalue weighted by Gasteiger charge is 2.22. The third-order valence-electron chi connectivity index (χ3n) is 5.83. The Labute approximate surface area is 179 Å². The van der Waals surface area contributed by atoms with E-state index in [0.717, 1.165) is 36.0 Å². The first kappa shape index (κ1) is 19.4. The summed E-state index contributed by atoms with van der Waals surface area (Å²) in [6, 6.07) is 10.3. The lowest BCUT2D eigenvalue weighted by atomic mass is 9.90. The number of amides is 1. The molecule has 156 valence electrons. The second kappa shape index (κ2) is 7.92. The van der Waals surface area contributed by atoms with Crippen LogP contribution in [0.15, 0.2) is 54.9 Å². The zero-order chi connectivity index (χ0) is 21.4. The summed E-state index contributed by atoms with van der Waals surface area (Å²) in [5, 5.41) is 6.46. The van der Waals surface area contributed by atoms with Crippen molar-refractivity contribution < 1.29 is 9.18 Å². The number of fused-ring (bicyclic) bond motifs is 7. The van der Waals surface area contributed by atoms with Crippen LogP contribution >= 0.6 is 0 Å². The lowest BCUT2D eigenvalue weighted by molar-refractivity contribution is 0.102. The summed E-state index contributed by atoms with van der Waals surface area (Å²) >= 11 is 0. The predicted octanol–water partition coefficient (Wildman–Crippen LogP) is 4.16. The molecule has 0 saturated carbocycles. The Hall–Kier alpha value is -3.58. The highest BCUT2D eigenvalue weighted by molar-refractivity contribution is 6.07. The van der Waals surface area contributed by atoms with Crippen LogP contribution in [0.25, 0.3) is 16.8 Å². The van der Waals surface area contributed by atoms with Gasteiger partial charge in [0.15, 0.2) is 5.69 Å². The van der Waals surface area contributed by atoms with Crippen molar-refractivity contribution in [3.63, 3.8) is 0 Å². The van der Waals surface area contributed by atoms with Gasteiger partial charge in [0.05, 0.1) is 23.3 Å². The maximum Gasteiger partial charge on any atom is 0.276 e. The zero-order valence-electron chi connectivity index (χ0n) is 16.9. The molecule has 0 fully saturated rings. The van der Waals surface area contributed by atoms with E-state index in [0.29, 0.717) is 23.5 Å². The van der Waals surface area contributed by atoms with Gasteiger partial charge in [-0.05, 0) is 54.7 Å². The molecular weight excluding hydrogens is 393 g/mol. The largest absolute Gasteiger partial charge is 0.397 e. The number of nitrogens with one attached hydrogen (secondary N) is 2. The number of pyridine rings is 2. The van der Waals surface area contributed by atoms with E-state index in [1.165, 1.54) is 6.07 Å². The van der Waals surface area contributed by atoms with Gasteiger partial charge in [-0.3, -0.25) is 9.78 Å². The van der Waals surface area contributed by atoms with E-state index in [1.54, 1.807) is 30.6 Å². The average Bonchev–Trinajstić information content (AvgIpc) is 2.78. The number of nitrogen functional groups attached to an aromatic ring is 1. The Morgan fingerprint density at radius 1 is 1.16 bits per heavy atom. The third kappa shape index (κ3) is 3.68. The highest BCUT2D eigenvalue weighted by Crippen LogP contribution is 2.33. The van der Waals surface area contributed by atoms with Gasteiger partial charge in [-0.25, -0.2) is 9.37 Å². The van der Waals surface area contributed by atoms with Crippen LogP contribution in [0, 0.1) is 5.82 Å². The molecule has 4 N–H and O–H groups in total. The van der Waals surface area contributed by atoms with Gasteiger partial charge in [-0.2, -0.15) is 0 Å². The Balaban J connectivity index is 1.69. The molecule has 1 aliphatic carbocycles. The van der Waals surface area contributed by atoms with E-state index < -0.39 is 5.91 Å². The molecular formula is C24H22FN5O. The molecule has 1 unspecified atom stereocenters. The number of allylic oxidation sites excluding steroid dienone is 1. The molecule has 3 heterocycles. The number of hydrogen-bond donors (Lipinski definition) is 3. The Kier molecular flexibility index (Phi) is 4.95. The first-order valence-corrected chi connectivity index (χ1v) is 10.3. The topological polar surface area (TPSA) is 92.9 Å². The van der Waals surface area contributed by atoms with Gasteiger partial charge in [-0.15, -0.1) is 0 Å². The predicted molar refractivity (Wildman–Crippen MR) is 119 cm³/mol. The maximum atomic E-state index is 14.9. The number of rotatable bonds is 0. The molecule has 0 spiro atoms. The number of carbonyl (C=O) groups excluding carboxylic acids is 1. The van der Waals surface area contributed by atoms with Gasteiger partial charge in [0.2, 0.25) is 0 Å². The van der Waals surface area contributed by atoms with Crippen LogP contribution in [0.4, 0.5) is 15.8 Å². The Bertz CT molecular complexity index is 1210. The first-order chi connectivity index (χ1) is 15.1. The Morgan fingerprint density at radius 3 is 2.97 bits per heavy atom. The monoisotopic (exact) mass is 415 g/mol. The summed E-state index contributed by atoms with van der Waals surface area (Å²) in [4.78, 5) is 21.7. The number of aromatic nitrogens is 2. The summed E-state index contributed by atoms with van der Waals surface area (Å²) in [5.41, 5.74) is 10.6. The molecule has 1 aromatic carbocycles. The fourth-order valence-electron chi connectivity index (χ4n) is 4.30. The van der Waals surface area contributed by atoms with Crippen molar-refractivity contribution in [2.75, 3.05) is 11.1 Å². The third-order valence-corrected chi connectivity index (χ3v) is 5.83. The van der Waals surface area contributed by atoms with Crippen molar-refractivity contribution in [1.82, 2.24) is 15.3 Å². The number of anilines is 2. The number of nitrogens with two attached hydrogens (primary N) is 1. The van der Waals surface area contributed by atoms with E-state index in [-0.39, 0.29) is 23.2 Å². The van der Waals surface area contributed by atoms with Gasteiger partial charge in [0.25, 0.3) is 5.91 Å². The summed E-state index contributed by atoms with van der Waals surface area (Å²) in [6.07, 6.45) is 8.47. The molecule has 2 aliphatic rings. The van der Waals surface area contributed by atoms with Crippen LogP contribution in [0.1, 0.15) is 40.9 Å². The van der Waals surface area contributed by atoms with Crippen molar-refractivity contribution in [1.29, 1.82) is 0 Å². The summed E-state index contributed by atoms with van der Waals surface area (Å²) in [5.74, 6) is -0.834. The molecule has 5 rings (SSSR count). The van der Waals surface area contributed by atoms with Crippen LogP contribution in [0.3, 0.4) is 0 Å². The lowest BCUT2D eigenvalue weighted by Crippen LogP contribution is -2.29. The Morgan fingerprint density at radius 2 is 2.06 bits per heavy atom. The van der Waals surface area contributed by atoms with Crippen molar-refractivity contribution in [2.45, 2.75) is 31.8 Å². The molecule has 1 atom stereocenters. The minimum atomic E-state index is -0.449. The van der Waals surface area contributed by atoms with Crippen molar-refractivity contribution in [3.8, 4) is 11.3 Å². The quantitative estimate of drug-likeness (QED) is 0.513.